The van der Waals surface area contributed by atoms with E-state index in [1.54, 1.807) is 25.5 Å². The average molecular weight is 377 g/mol. The summed E-state index contributed by atoms with van der Waals surface area (Å²) < 4.78 is 33.5. The summed E-state index contributed by atoms with van der Waals surface area (Å²) in [5.74, 6) is 1.34. The Morgan fingerprint density at radius 1 is 1.15 bits per heavy atom. The second kappa shape index (κ2) is 9.21. The molecule has 140 valence electrons. The molecule has 0 aliphatic carbocycles. The van der Waals surface area contributed by atoms with Gasteiger partial charge in [-0.2, -0.15) is 5.10 Å². The first-order chi connectivity index (χ1) is 12.4. The first-order valence-corrected chi connectivity index (χ1v) is 9.71. The number of primary sulfonamides is 1. The van der Waals surface area contributed by atoms with Gasteiger partial charge in [0.1, 0.15) is 0 Å². The minimum Gasteiger partial charge on any atom is -0.493 e. The van der Waals surface area contributed by atoms with E-state index >= 15 is 0 Å². The Morgan fingerprint density at radius 3 is 2.50 bits per heavy atom. The van der Waals surface area contributed by atoms with Gasteiger partial charge < -0.3 is 9.47 Å². The number of nitrogens with two attached hydrogens (primary N) is 1. The molecule has 0 atom stereocenters. The molecule has 7 nitrogen and oxygen atoms in total. The number of benzene rings is 2. The minimum atomic E-state index is -3.70. The van der Waals surface area contributed by atoms with Crippen molar-refractivity contribution in [1.29, 1.82) is 0 Å². The van der Waals surface area contributed by atoms with Gasteiger partial charge in [-0.1, -0.05) is 13.3 Å². The van der Waals surface area contributed by atoms with Crippen molar-refractivity contribution >= 4 is 21.9 Å². The maximum absolute atomic E-state index is 11.2. The van der Waals surface area contributed by atoms with Gasteiger partial charge in [-0.25, -0.2) is 13.6 Å². The van der Waals surface area contributed by atoms with Crippen molar-refractivity contribution in [3.63, 3.8) is 0 Å². The first-order valence-electron chi connectivity index (χ1n) is 8.17. The topological polar surface area (TPSA) is 103 Å². The van der Waals surface area contributed by atoms with E-state index in [9.17, 15) is 8.42 Å². The summed E-state index contributed by atoms with van der Waals surface area (Å²) in [7, 11) is -2.10. The molecule has 0 fully saturated rings. The van der Waals surface area contributed by atoms with Gasteiger partial charge in [-0.15, -0.1) is 0 Å². The summed E-state index contributed by atoms with van der Waals surface area (Å²) in [5, 5.41) is 9.21. The second-order valence-corrected chi connectivity index (χ2v) is 7.11. The number of unbranched alkanes of at least 4 members (excludes halogenated alkanes) is 1. The summed E-state index contributed by atoms with van der Waals surface area (Å²) in [6, 6.07) is 11.5. The molecule has 0 amide bonds. The van der Waals surface area contributed by atoms with E-state index in [2.05, 4.69) is 17.5 Å². The van der Waals surface area contributed by atoms with Crippen LogP contribution >= 0.6 is 0 Å². The number of nitrogens with one attached hydrogen (secondary N) is 1. The van der Waals surface area contributed by atoms with Crippen LogP contribution in [-0.2, 0) is 10.0 Å². The zero-order valence-corrected chi connectivity index (χ0v) is 15.6. The predicted molar refractivity (Wildman–Crippen MR) is 102 cm³/mol. The van der Waals surface area contributed by atoms with Crippen molar-refractivity contribution in [2.75, 3.05) is 19.1 Å². The molecule has 0 aliphatic rings. The predicted octanol–water partition coefficient (Wildman–Crippen LogP) is 2.97. The molecule has 0 unspecified atom stereocenters. The summed E-state index contributed by atoms with van der Waals surface area (Å²) in [4.78, 5) is 0.0519. The molecule has 0 bridgehead atoms. The molecular weight excluding hydrogens is 354 g/mol. The van der Waals surface area contributed by atoms with Crippen molar-refractivity contribution in [2.45, 2.75) is 24.7 Å². The highest BCUT2D eigenvalue weighted by molar-refractivity contribution is 7.89. The SMILES string of the molecule is CCCCOc1cc(C=NNc2ccc(S(N)(=O)=O)cc2)ccc1OC. The van der Waals surface area contributed by atoms with Crippen LogP contribution in [-0.4, -0.2) is 28.3 Å². The van der Waals surface area contributed by atoms with Gasteiger partial charge in [0.25, 0.3) is 0 Å². The third-order valence-corrected chi connectivity index (χ3v) is 4.46. The summed E-state index contributed by atoms with van der Waals surface area (Å²) in [6.45, 7) is 2.73. The van der Waals surface area contributed by atoms with E-state index in [0.717, 1.165) is 18.4 Å². The van der Waals surface area contributed by atoms with Gasteiger partial charge in [0.2, 0.25) is 10.0 Å². The van der Waals surface area contributed by atoms with Gasteiger partial charge in [0, 0.05) is 0 Å². The van der Waals surface area contributed by atoms with Crippen LogP contribution < -0.4 is 20.0 Å². The van der Waals surface area contributed by atoms with Crippen LogP contribution in [0.3, 0.4) is 0 Å². The summed E-state index contributed by atoms with van der Waals surface area (Å²) >= 11 is 0. The van der Waals surface area contributed by atoms with Gasteiger partial charge in [-0.05, 0) is 54.4 Å². The quantitative estimate of drug-likeness (QED) is 0.397. The molecule has 2 aromatic carbocycles. The van der Waals surface area contributed by atoms with Crippen LogP contribution in [0.5, 0.6) is 11.5 Å². The Balaban J connectivity index is 2.04. The van der Waals surface area contributed by atoms with Crippen LogP contribution in [0.25, 0.3) is 0 Å². The van der Waals surface area contributed by atoms with Crippen LogP contribution in [0.15, 0.2) is 52.5 Å². The standard InChI is InChI=1S/C18H23N3O4S/c1-3-4-11-25-18-12-14(5-10-17(18)24-2)13-20-21-15-6-8-16(9-7-15)26(19,22)23/h5-10,12-13,21H,3-4,11H2,1-2H3,(H2,19,22,23). The molecule has 0 spiro atoms. The molecule has 0 aromatic heterocycles. The Hall–Kier alpha value is -2.58. The lowest BCUT2D eigenvalue weighted by atomic mass is 10.2. The fourth-order valence-electron chi connectivity index (χ4n) is 2.11. The number of hydrogen-bond donors (Lipinski definition) is 2. The number of sulfonamides is 1. The largest absolute Gasteiger partial charge is 0.493 e. The average Bonchev–Trinajstić information content (AvgIpc) is 2.62. The smallest absolute Gasteiger partial charge is 0.238 e. The van der Waals surface area contributed by atoms with E-state index in [0.29, 0.717) is 23.8 Å². The van der Waals surface area contributed by atoms with Crippen LogP contribution in [0.1, 0.15) is 25.3 Å². The first kappa shape index (κ1) is 19.7. The van der Waals surface area contributed by atoms with Gasteiger partial charge in [-0.3, -0.25) is 5.43 Å². The molecule has 8 heteroatoms. The lowest BCUT2D eigenvalue weighted by Gasteiger charge is -2.11. The molecule has 26 heavy (non-hydrogen) atoms. The fourth-order valence-corrected chi connectivity index (χ4v) is 2.63. The summed E-state index contributed by atoms with van der Waals surface area (Å²) in [6.07, 6.45) is 3.66. The molecule has 0 saturated carbocycles. The molecule has 0 saturated heterocycles. The number of ether oxygens (including phenoxy) is 2. The van der Waals surface area contributed by atoms with Crippen molar-refractivity contribution in [3.8, 4) is 11.5 Å². The fraction of sp³-hybridized carbons (Fsp3) is 0.278. The van der Waals surface area contributed by atoms with Crippen molar-refractivity contribution < 1.29 is 17.9 Å². The molecule has 0 radical (unpaired) electrons. The normalized spacial score (nSPS) is 11.5. The Morgan fingerprint density at radius 2 is 1.88 bits per heavy atom. The number of anilines is 1. The highest BCUT2D eigenvalue weighted by atomic mass is 32.2. The van der Waals surface area contributed by atoms with Crippen molar-refractivity contribution in [1.82, 2.24) is 0 Å². The highest BCUT2D eigenvalue weighted by Gasteiger charge is 2.07. The molecule has 2 rings (SSSR count). The Labute approximate surface area is 153 Å². The van der Waals surface area contributed by atoms with E-state index in [4.69, 9.17) is 14.6 Å². The number of rotatable bonds is 9. The Bertz CT molecular complexity index is 849. The van der Waals surface area contributed by atoms with Gasteiger partial charge in [0.15, 0.2) is 11.5 Å². The van der Waals surface area contributed by atoms with Crippen LogP contribution in [0.4, 0.5) is 5.69 Å². The maximum Gasteiger partial charge on any atom is 0.238 e. The van der Waals surface area contributed by atoms with E-state index in [1.807, 2.05) is 18.2 Å². The number of hydrazone groups is 1. The molecule has 0 aliphatic heterocycles. The van der Waals surface area contributed by atoms with Crippen LogP contribution in [0.2, 0.25) is 0 Å². The zero-order chi connectivity index (χ0) is 19.0. The maximum atomic E-state index is 11.2. The highest BCUT2D eigenvalue weighted by Crippen LogP contribution is 2.27. The third-order valence-electron chi connectivity index (χ3n) is 3.53. The monoisotopic (exact) mass is 377 g/mol. The van der Waals surface area contributed by atoms with E-state index in [1.165, 1.54) is 12.1 Å². The lowest BCUT2D eigenvalue weighted by molar-refractivity contribution is 0.288. The second-order valence-electron chi connectivity index (χ2n) is 5.55. The van der Waals surface area contributed by atoms with Gasteiger partial charge >= 0.3 is 0 Å². The zero-order valence-electron chi connectivity index (χ0n) is 14.8. The summed E-state index contributed by atoms with van der Waals surface area (Å²) in [5.41, 5.74) is 4.31. The number of nitrogens with zero attached hydrogens (tertiary/aromatic N) is 1. The minimum absolute atomic E-state index is 0.0519. The lowest BCUT2D eigenvalue weighted by Crippen LogP contribution is -2.11. The molecular formula is C18H23N3O4S. The number of hydrogen-bond acceptors (Lipinski definition) is 6. The van der Waals surface area contributed by atoms with E-state index < -0.39 is 10.0 Å². The van der Waals surface area contributed by atoms with Crippen LogP contribution in [0, 0.1) is 0 Å². The molecule has 3 N–H and O–H groups in total. The molecule has 0 heterocycles. The third kappa shape index (κ3) is 5.75. The van der Waals surface area contributed by atoms with Gasteiger partial charge in [0.05, 0.1) is 30.5 Å². The van der Waals surface area contributed by atoms with Crippen molar-refractivity contribution in [2.24, 2.45) is 10.2 Å². The number of methoxy groups -OCH3 is 1. The van der Waals surface area contributed by atoms with E-state index in [-0.39, 0.29) is 4.90 Å². The Kier molecular flexibility index (Phi) is 6.99. The molecule has 2 aromatic rings. The van der Waals surface area contributed by atoms with Crippen molar-refractivity contribution in [3.05, 3.63) is 48.0 Å².